The molecule has 1 saturated carbocycles. The highest BCUT2D eigenvalue weighted by atomic mass is 19.4. The van der Waals surface area contributed by atoms with Crippen molar-refractivity contribution in [1.29, 1.82) is 0 Å². The van der Waals surface area contributed by atoms with Crippen LogP contribution in [0, 0.1) is 5.92 Å². The number of carbonyl (C=O) groups is 2. The smallest absolute Gasteiger partial charge is 0.418 e. The molecule has 0 bridgehead atoms. The van der Waals surface area contributed by atoms with Gasteiger partial charge in [-0.05, 0) is 65.3 Å². The quantitative estimate of drug-likeness (QED) is 0.328. The van der Waals surface area contributed by atoms with E-state index < -0.39 is 29.5 Å². The van der Waals surface area contributed by atoms with Crippen LogP contribution >= 0.6 is 0 Å². The number of rotatable bonds is 9. The molecule has 8 heteroatoms. The van der Waals surface area contributed by atoms with Crippen LogP contribution in [0.15, 0.2) is 66.7 Å². The lowest BCUT2D eigenvalue weighted by atomic mass is 9.96. The summed E-state index contributed by atoms with van der Waals surface area (Å²) in [4.78, 5) is 24.4. The molecular weight excluding hydrogens is 483 g/mol. The van der Waals surface area contributed by atoms with Crippen molar-refractivity contribution >= 4 is 17.6 Å². The number of hydrogen-bond acceptors (Lipinski definition) is 3. The number of hydrogen-bond donors (Lipinski definition) is 2. The van der Waals surface area contributed by atoms with Gasteiger partial charge in [0.2, 0.25) is 0 Å². The van der Waals surface area contributed by atoms with Gasteiger partial charge in [-0.2, -0.15) is 13.2 Å². The third kappa shape index (κ3) is 6.31. The molecule has 1 amide bonds. The van der Waals surface area contributed by atoms with Gasteiger partial charge in [0.1, 0.15) is 5.75 Å². The van der Waals surface area contributed by atoms with E-state index in [9.17, 15) is 27.9 Å². The molecule has 0 aromatic heterocycles. The molecule has 3 aromatic carbocycles. The number of ether oxygens (including phenoxy) is 1. The molecule has 0 radical (unpaired) electrons. The average molecular weight is 512 g/mol. The summed E-state index contributed by atoms with van der Waals surface area (Å²) in [6, 6.07) is 18.2. The van der Waals surface area contributed by atoms with Gasteiger partial charge in [0.05, 0.1) is 23.8 Å². The Hall–Kier alpha value is -3.81. The maximum atomic E-state index is 13.7. The molecule has 2 N–H and O–H groups in total. The molecule has 5 nitrogen and oxygen atoms in total. The zero-order valence-electron chi connectivity index (χ0n) is 20.5. The van der Waals surface area contributed by atoms with Crippen molar-refractivity contribution < 1.29 is 32.6 Å². The predicted molar refractivity (Wildman–Crippen MR) is 134 cm³/mol. The first-order valence-electron chi connectivity index (χ1n) is 12.1. The van der Waals surface area contributed by atoms with Crippen LogP contribution in [0.1, 0.15) is 64.7 Å². The second-order valence-electron chi connectivity index (χ2n) is 9.53. The van der Waals surface area contributed by atoms with Crippen LogP contribution in [0.3, 0.4) is 0 Å². The third-order valence-corrected chi connectivity index (χ3v) is 6.52. The highest BCUT2D eigenvalue weighted by Gasteiger charge is 2.45. The minimum atomic E-state index is -4.69. The highest BCUT2D eigenvalue weighted by molar-refractivity contribution is 6.06. The Kier molecular flexibility index (Phi) is 7.57. The molecular formula is C29H28F3NO4. The van der Waals surface area contributed by atoms with Crippen LogP contribution in [0.2, 0.25) is 0 Å². The summed E-state index contributed by atoms with van der Waals surface area (Å²) in [7, 11) is 0. The molecule has 0 unspecified atom stereocenters. The summed E-state index contributed by atoms with van der Waals surface area (Å²) in [6.07, 6.45) is -3.62. The monoisotopic (exact) mass is 511 g/mol. The van der Waals surface area contributed by atoms with Gasteiger partial charge >= 0.3 is 12.1 Å². The number of anilines is 1. The minimum absolute atomic E-state index is 0.0883. The Morgan fingerprint density at radius 2 is 1.78 bits per heavy atom. The molecule has 4 rings (SSSR count). The van der Waals surface area contributed by atoms with Gasteiger partial charge in [0.25, 0.3) is 5.91 Å². The van der Waals surface area contributed by atoms with E-state index in [1.165, 1.54) is 12.1 Å². The fourth-order valence-corrected chi connectivity index (χ4v) is 4.42. The Morgan fingerprint density at radius 1 is 1.05 bits per heavy atom. The van der Waals surface area contributed by atoms with Crippen LogP contribution < -0.4 is 10.1 Å². The molecule has 1 aliphatic carbocycles. The predicted octanol–water partition coefficient (Wildman–Crippen LogP) is 6.89. The second kappa shape index (κ2) is 10.7. The van der Waals surface area contributed by atoms with Crippen molar-refractivity contribution in [3.8, 4) is 5.75 Å². The minimum Gasteiger partial charge on any atom is -0.493 e. The number of benzene rings is 3. The second-order valence-corrected chi connectivity index (χ2v) is 9.53. The molecule has 37 heavy (non-hydrogen) atoms. The zero-order chi connectivity index (χ0) is 26.7. The number of carbonyl (C=O) groups excluding carboxylic acids is 1. The number of nitrogens with one attached hydrogen (secondary N) is 1. The summed E-state index contributed by atoms with van der Waals surface area (Å²) in [5, 5.41) is 11.6. The third-order valence-electron chi connectivity index (χ3n) is 6.52. The molecule has 0 aliphatic heterocycles. The lowest BCUT2D eigenvalue weighted by molar-refractivity contribution is -0.139. The Morgan fingerprint density at radius 3 is 2.41 bits per heavy atom. The maximum Gasteiger partial charge on any atom is 0.418 e. The number of carboxylic acid groups (broad SMARTS) is 1. The van der Waals surface area contributed by atoms with Crippen LogP contribution in [-0.2, 0) is 17.4 Å². The molecule has 3 aromatic rings. The molecule has 1 aliphatic rings. The first kappa shape index (κ1) is 26.3. The molecule has 1 fully saturated rings. The van der Waals surface area contributed by atoms with Crippen LogP contribution in [0.4, 0.5) is 18.9 Å². The van der Waals surface area contributed by atoms with Gasteiger partial charge in [0.15, 0.2) is 0 Å². The fourth-order valence-electron chi connectivity index (χ4n) is 4.42. The maximum absolute atomic E-state index is 13.7. The van der Waals surface area contributed by atoms with Crippen LogP contribution in [0.5, 0.6) is 5.75 Å². The van der Waals surface area contributed by atoms with Crippen molar-refractivity contribution in [3.05, 3.63) is 94.5 Å². The molecule has 2 atom stereocenters. The number of aliphatic carboxylic acids is 1. The normalized spacial score (nSPS) is 16.9. The van der Waals surface area contributed by atoms with Crippen LogP contribution in [-0.4, -0.2) is 23.6 Å². The first-order valence-corrected chi connectivity index (χ1v) is 12.1. The average Bonchev–Trinajstić information content (AvgIpc) is 3.65. The summed E-state index contributed by atoms with van der Waals surface area (Å²) >= 11 is 0. The van der Waals surface area contributed by atoms with Crippen molar-refractivity contribution in [2.75, 3.05) is 11.9 Å². The number of halogens is 3. The van der Waals surface area contributed by atoms with E-state index in [1.54, 1.807) is 18.2 Å². The van der Waals surface area contributed by atoms with Crippen molar-refractivity contribution in [3.63, 3.8) is 0 Å². The highest BCUT2D eigenvalue weighted by Crippen LogP contribution is 2.49. The van der Waals surface area contributed by atoms with E-state index in [0.717, 1.165) is 11.6 Å². The topological polar surface area (TPSA) is 75.6 Å². The van der Waals surface area contributed by atoms with E-state index in [2.05, 4.69) is 5.32 Å². The lowest BCUT2D eigenvalue weighted by Gasteiger charge is -2.18. The van der Waals surface area contributed by atoms with E-state index in [4.69, 9.17) is 4.74 Å². The van der Waals surface area contributed by atoms with Gasteiger partial charge < -0.3 is 15.2 Å². The first-order chi connectivity index (χ1) is 17.5. The molecule has 0 spiro atoms. The number of alkyl halides is 3. The van der Waals surface area contributed by atoms with E-state index in [1.807, 2.05) is 44.2 Å². The van der Waals surface area contributed by atoms with Crippen molar-refractivity contribution in [2.45, 2.75) is 44.7 Å². The summed E-state index contributed by atoms with van der Waals surface area (Å²) in [6.45, 7) is 4.22. The van der Waals surface area contributed by atoms with Crippen LogP contribution in [0.25, 0.3) is 0 Å². The van der Waals surface area contributed by atoms with E-state index in [-0.39, 0.29) is 23.1 Å². The summed E-state index contributed by atoms with van der Waals surface area (Å²) in [5.74, 6) is -2.16. The van der Waals surface area contributed by atoms with Crippen molar-refractivity contribution in [1.82, 2.24) is 0 Å². The van der Waals surface area contributed by atoms with Gasteiger partial charge in [-0.25, -0.2) is 0 Å². The summed E-state index contributed by atoms with van der Waals surface area (Å²) < 4.78 is 46.9. The van der Waals surface area contributed by atoms with E-state index in [0.29, 0.717) is 36.3 Å². The lowest BCUT2D eigenvalue weighted by Crippen LogP contribution is -2.19. The van der Waals surface area contributed by atoms with Gasteiger partial charge in [-0.15, -0.1) is 0 Å². The standard InChI is InChI=1S/C29H28F3NO4/c1-17(2)22-15-20(37-13-12-18-6-4-3-5-7-18)9-10-21(22)27(34)33-26-14-19(23-16-24(23)28(35)36)8-11-25(26)29(30,31)32/h3-11,14-15,17,23-24H,12-13,16H2,1-2H3,(H,33,34)(H,35,36)/t23-,24-/m1/s1. The largest absolute Gasteiger partial charge is 0.493 e. The molecule has 194 valence electrons. The molecule has 0 heterocycles. The Labute approximate surface area is 213 Å². The number of amides is 1. The SMILES string of the molecule is CC(C)c1cc(OCCc2ccccc2)ccc1C(=O)Nc1cc([C@H]2C[C@H]2C(=O)O)ccc1C(F)(F)F. The van der Waals surface area contributed by atoms with Gasteiger partial charge in [-0.3, -0.25) is 9.59 Å². The van der Waals surface area contributed by atoms with Gasteiger partial charge in [0, 0.05) is 12.0 Å². The van der Waals surface area contributed by atoms with E-state index >= 15 is 0 Å². The Bertz CT molecular complexity index is 1290. The zero-order valence-corrected chi connectivity index (χ0v) is 20.5. The van der Waals surface area contributed by atoms with Gasteiger partial charge in [-0.1, -0.05) is 50.2 Å². The number of carboxylic acids is 1. The van der Waals surface area contributed by atoms with Crippen molar-refractivity contribution in [2.24, 2.45) is 5.92 Å². The Balaban J connectivity index is 1.54. The summed E-state index contributed by atoms with van der Waals surface area (Å²) in [5.41, 5.74) is 1.12. The molecule has 0 saturated heterocycles. The fraction of sp³-hybridized carbons (Fsp3) is 0.310.